The topological polar surface area (TPSA) is 38.3 Å². The molecule has 1 N–H and O–H groups in total. The van der Waals surface area contributed by atoms with E-state index in [0.717, 1.165) is 5.56 Å². The fraction of sp³-hybridized carbons (Fsp3) is 0.188. The SMILES string of the molecule is Cc1ccc(NC(=O)Cc2ccc(OC(F)F)cc2)c(F)c1. The standard InChI is InChI=1S/C16H14F3NO2/c1-10-2-7-14(13(17)8-10)20-15(21)9-11-3-5-12(6-4-11)22-16(18)19/h2-8,16H,9H2,1H3,(H,20,21). The van der Waals surface area contributed by atoms with Gasteiger partial charge in [0.1, 0.15) is 11.6 Å². The van der Waals surface area contributed by atoms with Crippen LogP contribution >= 0.6 is 0 Å². The first-order valence-corrected chi connectivity index (χ1v) is 6.54. The van der Waals surface area contributed by atoms with Gasteiger partial charge in [-0.05, 0) is 42.3 Å². The van der Waals surface area contributed by atoms with E-state index in [1.807, 2.05) is 0 Å². The van der Waals surface area contributed by atoms with Crippen LogP contribution in [-0.2, 0) is 11.2 Å². The lowest BCUT2D eigenvalue weighted by Gasteiger charge is -2.08. The van der Waals surface area contributed by atoms with Gasteiger partial charge in [-0.25, -0.2) is 4.39 Å². The minimum Gasteiger partial charge on any atom is -0.435 e. The number of hydrogen-bond donors (Lipinski definition) is 1. The number of aryl methyl sites for hydroxylation is 1. The van der Waals surface area contributed by atoms with Crippen LogP contribution in [-0.4, -0.2) is 12.5 Å². The maximum Gasteiger partial charge on any atom is 0.387 e. The lowest BCUT2D eigenvalue weighted by Crippen LogP contribution is -2.15. The number of nitrogens with one attached hydrogen (secondary N) is 1. The molecule has 6 heteroatoms. The summed E-state index contributed by atoms with van der Waals surface area (Å²) in [5, 5.41) is 2.47. The average molecular weight is 309 g/mol. The molecule has 0 heterocycles. The van der Waals surface area contributed by atoms with Gasteiger partial charge in [0.25, 0.3) is 0 Å². The molecule has 2 aromatic carbocycles. The van der Waals surface area contributed by atoms with Crippen molar-refractivity contribution >= 4 is 11.6 Å². The first-order chi connectivity index (χ1) is 10.4. The third-order valence-corrected chi connectivity index (χ3v) is 2.91. The van der Waals surface area contributed by atoms with E-state index in [4.69, 9.17) is 0 Å². The van der Waals surface area contributed by atoms with Gasteiger partial charge in [0.2, 0.25) is 5.91 Å². The number of alkyl halides is 2. The summed E-state index contributed by atoms with van der Waals surface area (Å²) in [6, 6.07) is 10.2. The molecule has 0 spiro atoms. The molecule has 0 aliphatic rings. The molecule has 0 aromatic heterocycles. The molecule has 0 fully saturated rings. The molecular weight excluding hydrogens is 295 g/mol. The molecule has 116 valence electrons. The first-order valence-electron chi connectivity index (χ1n) is 6.54. The average Bonchev–Trinajstić information content (AvgIpc) is 2.43. The second-order valence-corrected chi connectivity index (χ2v) is 4.73. The maximum atomic E-state index is 13.6. The number of carbonyl (C=O) groups excluding carboxylic acids is 1. The van der Waals surface area contributed by atoms with Crippen LogP contribution in [0.2, 0.25) is 0 Å². The van der Waals surface area contributed by atoms with Crippen LogP contribution in [0.15, 0.2) is 42.5 Å². The first kappa shape index (κ1) is 15.9. The zero-order chi connectivity index (χ0) is 16.1. The van der Waals surface area contributed by atoms with Gasteiger partial charge >= 0.3 is 6.61 Å². The highest BCUT2D eigenvalue weighted by Crippen LogP contribution is 2.17. The van der Waals surface area contributed by atoms with Gasteiger partial charge in [0.15, 0.2) is 0 Å². The zero-order valence-corrected chi connectivity index (χ0v) is 11.8. The number of hydrogen-bond acceptors (Lipinski definition) is 2. The summed E-state index contributed by atoms with van der Waals surface area (Å²) in [5.41, 5.74) is 1.46. The number of ether oxygens (including phenoxy) is 1. The fourth-order valence-corrected chi connectivity index (χ4v) is 1.89. The molecule has 0 aliphatic carbocycles. The highest BCUT2D eigenvalue weighted by molar-refractivity contribution is 5.92. The Morgan fingerprint density at radius 3 is 2.45 bits per heavy atom. The lowest BCUT2D eigenvalue weighted by molar-refractivity contribution is -0.115. The van der Waals surface area contributed by atoms with E-state index in [1.165, 1.54) is 36.4 Å². The minimum absolute atomic E-state index is 0.00226. The highest BCUT2D eigenvalue weighted by atomic mass is 19.3. The number of benzene rings is 2. The summed E-state index contributed by atoms with van der Waals surface area (Å²) in [6.45, 7) is -1.14. The molecule has 0 saturated heterocycles. The Hall–Kier alpha value is -2.50. The van der Waals surface area contributed by atoms with Gasteiger partial charge < -0.3 is 10.1 Å². The summed E-state index contributed by atoms with van der Waals surface area (Å²) < 4.78 is 41.9. The van der Waals surface area contributed by atoms with Crippen molar-refractivity contribution in [2.75, 3.05) is 5.32 Å². The van der Waals surface area contributed by atoms with Crippen molar-refractivity contribution in [3.8, 4) is 5.75 Å². The molecule has 0 aliphatic heterocycles. The second kappa shape index (κ2) is 6.98. The highest BCUT2D eigenvalue weighted by Gasteiger charge is 2.09. The zero-order valence-electron chi connectivity index (χ0n) is 11.8. The number of amides is 1. The summed E-state index contributed by atoms with van der Waals surface area (Å²) in [6.07, 6.45) is 0.00226. The number of rotatable bonds is 5. The molecule has 3 nitrogen and oxygen atoms in total. The van der Waals surface area contributed by atoms with Crippen LogP contribution in [0.4, 0.5) is 18.9 Å². The molecule has 0 atom stereocenters. The Balaban J connectivity index is 1.97. The van der Waals surface area contributed by atoms with Crippen molar-refractivity contribution in [2.45, 2.75) is 20.0 Å². The van der Waals surface area contributed by atoms with E-state index in [1.54, 1.807) is 13.0 Å². The van der Waals surface area contributed by atoms with Gasteiger partial charge in [-0.15, -0.1) is 0 Å². The Morgan fingerprint density at radius 2 is 1.86 bits per heavy atom. The van der Waals surface area contributed by atoms with E-state index in [2.05, 4.69) is 10.1 Å². The van der Waals surface area contributed by atoms with E-state index in [-0.39, 0.29) is 17.9 Å². The van der Waals surface area contributed by atoms with Crippen molar-refractivity contribution in [1.82, 2.24) is 0 Å². The smallest absolute Gasteiger partial charge is 0.387 e. The van der Waals surface area contributed by atoms with Crippen molar-refractivity contribution in [2.24, 2.45) is 0 Å². The van der Waals surface area contributed by atoms with Crippen molar-refractivity contribution in [1.29, 1.82) is 0 Å². The molecule has 22 heavy (non-hydrogen) atoms. The van der Waals surface area contributed by atoms with Gasteiger partial charge in [-0.2, -0.15) is 8.78 Å². The molecule has 1 amide bonds. The molecule has 2 rings (SSSR count). The van der Waals surface area contributed by atoms with Crippen molar-refractivity contribution in [3.05, 3.63) is 59.4 Å². The lowest BCUT2D eigenvalue weighted by atomic mass is 10.1. The van der Waals surface area contributed by atoms with Gasteiger partial charge in [-0.1, -0.05) is 18.2 Å². The van der Waals surface area contributed by atoms with Crippen LogP contribution in [0.25, 0.3) is 0 Å². The van der Waals surface area contributed by atoms with E-state index in [0.29, 0.717) is 5.56 Å². The quantitative estimate of drug-likeness (QED) is 0.909. The van der Waals surface area contributed by atoms with Gasteiger partial charge in [0, 0.05) is 0 Å². The fourth-order valence-electron chi connectivity index (χ4n) is 1.89. The summed E-state index contributed by atoms with van der Waals surface area (Å²) in [5.74, 6) is -0.886. The molecule has 0 bridgehead atoms. The molecule has 2 aromatic rings. The van der Waals surface area contributed by atoms with Crippen LogP contribution in [0.5, 0.6) is 5.75 Å². The van der Waals surface area contributed by atoms with Crippen LogP contribution in [0, 0.1) is 12.7 Å². The second-order valence-electron chi connectivity index (χ2n) is 4.73. The van der Waals surface area contributed by atoms with Crippen molar-refractivity contribution in [3.63, 3.8) is 0 Å². The predicted molar refractivity (Wildman–Crippen MR) is 76.5 cm³/mol. The Kier molecular flexibility index (Phi) is 5.04. The summed E-state index contributed by atoms with van der Waals surface area (Å²) in [7, 11) is 0. The third-order valence-electron chi connectivity index (χ3n) is 2.91. The third kappa shape index (κ3) is 4.51. The predicted octanol–water partition coefficient (Wildman–Crippen LogP) is 3.92. The largest absolute Gasteiger partial charge is 0.435 e. The van der Waals surface area contributed by atoms with Gasteiger partial charge in [-0.3, -0.25) is 4.79 Å². The van der Waals surface area contributed by atoms with E-state index < -0.39 is 18.3 Å². The van der Waals surface area contributed by atoms with E-state index >= 15 is 0 Å². The molecular formula is C16H14F3NO2. The number of anilines is 1. The minimum atomic E-state index is -2.89. The van der Waals surface area contributed by atoms with Crippen LogP contribution in [0.1, 0.15) is 11.1 Å². The molecule has 0 saturated carbocycles. The molecule has 0 radical (unpaired) electrons. The number of halogens is 3. The number of carbonyl (C=O) groups is 1. The van der Waals surface area contributed by atoms with Crippen LogP contribution < -0.4 is 10.1 Å². The normalized spacial score (nSPS) is 10.6. The monoisotopic (exact) mass is 309 g/mol. The van der Waals surface area contributed by atoms with E-state index in [9.17, 15) is 18.0 Å². The van der Waals surface area contributed by atoms with Crippen molar-refractivity contribution < 1.29 is 22.7 Å². The Morgan fingerprint density at radius 1 is 1.18 bits per heavy atom. The summed E-state index contributed by atoms with van der Waals surface area (Å²) in [4.78, 5) is 11.9. The maximum absolute atomic E-state index is 13.6. The van der Waals surface area contributed by atoms with Crippen LogP contribution in [0.3, 0.4) is 0 Å². The molecule has 0 unspecified atom stereocenters. The van der Waals surface area contributed by atoms with Gasteiger partial charge in [0.05, 0.1) is 12.1 Å². The Labute approximate surface area is 125 Å². The Bertz CT molecular complexity index is 657. The summed E-state index contributed by atoms with van der Waals surface area (Å²) >= 11 is 0.